The minimum absolute atomic E-state index is 0.0286. The van der Waals surface area contributed by atoms with E-state index in [1.54, 1.807) is 0 Å². The van der Waals surface area contributed by atoms with Gasteiger partial charge in [-0.2, -0.15) is 0 Å². The number of carbonyl (C=O) groups excluding carboxylic acids is 1. The Morgan fingerprint density at radius 3 is 2.63 bits per heavy atom. The highest BCUT2D eigenvalue weighted by molar-refractivity contribution is 6.29. The first-order chi connectivity index (χ1) is 14.5. The van der Waals surface area contributed by atoms with Crippen molar-refractivity contribution >= 4 is 17.5 Å². The normalized spacial score (nSPS) is 33.0. The van der Waals surface area contributed by atoms with Gasteiger partial charge in [0.05, 0.1) is 11.5 Å². The van der Waals surface area contributed by atoms with Crippen LogP contribution in [0.5, 0.6) is 11.5 Å². The zero-order valence-electron chi connectivity index (χ0n) is 16.9. The number of ether oxygens (including phenoxy) is 2. The molecule has 158 valence electrons. The van der Waals surface area contributed by atoms with Crippen LogP contribution in [0.15, 0.2) is 39.8 Å². The van der Waals surface area contributed by atoms with E-state index in [1.165, 1.54) is 0 Å². The first-order valence-electron chi connectivity index (χ1n) is 10.5. The number of nitrogens with one attached hydrogen (secondary N) is 1. The molecule has 3 heterocycles. The summed E-state index contributed by atoms with van der Waals surface area (Å²) < 4.78 is 11.5. The summed E-state index contributed by atoms with van der Waals surface area (Å²) in [5.41, 5.74) is 7.37. The number of rotatable bonds is 2. The lowest BCUT2D eigenvalue weighted by Gasteiger charge is -2.44. The van der Waals surface area contributed by atoms with Gasteiger partial charge in [-0.15, -0.1) is 0 Å². The Labute approximate surface area is 174 Å². The van der Waals surface area contributed by atoms with Gasteiger partial charge in [0, 0.05) is 11.3 Å². The van der Waals surface area contributed by atoms with Crippen LogP contribution < -0.4 is 20.5 Å². The second kappa shape index (κ2) is 7.21. The van der Waals surface area contributed by atoms with Crippen molar-refractivity contribution in [3.05, 3.63) is 35.4 Å². The lowest BCUT2D eigenvalue weighted by Crippen LogP contribution is -2.56. The Balaban J connectivity index is 1.67. The number of nitrogens with zero attached hydrogens (tertiary/aromatic N) is 2. The van der Waals surface area contributed by atoms with E-state index < -0.39 is 11.7 Å². The third kappa shape index (κ3) is 3.02. The maximum Gasteiger partial charge on any atom is 0.240 e. The maximum atomic E-state index is 13.7. The fraction of sp³-hybridized carbons (Fsp3) is 0.500. The van der Waals surface area contributed by atoms with E-state index in [2.05, 4.69) is 15.3 Å². The predicted octanol–water partition coefficient (Wildman–Crippen LogP) is 1.42. The lowest BCUT2D eigenvalue weighted by atomic mass is 9.62. The number of amidine groups is 1. The van der Waals surface area contributed by atoms with Gasteiger partial charge in [0.1, 0.15) is 19.0 Å². The summed E-state index contributed by atoms with van der Waals surface area (Å²) in [4.78, 5) is 22.4. The van der Waals surface area contributed by atoms with Crippen LogP contribution in [-0.4, -0.2) is 48.2 Å². The second-order valence-electron chi connectivity index (χ2n) is 8.35. The van der Waals surface area contributed by atoms with Crippen LogP contribution in [0.2, 0.25) is 0 Å². The number of nitrogens with two attached hydrogens (primary N) is 1. The van der Waals surface area contributed by atoms with Gasteiger partial charge < -0.3 is 19.9 Å². The van der Waals surface area contributed by atoms with Gasteiger partial charge in [-0.3, -0.25) is 10.5 Å². The van der Waals surface area contributed by atoms with Crippen LogP contribution in [0.3, 0.4) is 0 Å². The molecule has 0 aromatic heterocycles. The Morgan fingerprint density at radius 2 is 1.87 bits per heavy atom. The third-order valence-corrected chi connectivity index (χ3v) is 6.57. The molecular weight excluding hydrogens is 384 g/mol. The Kier molecular flexibility index (Phi) is 4.63. The summed E-state index contributed by atoms with van der Waals surface area (Å²) in [5.74, 6) is 1.71. The lowest BCUT2D eigenvalue weighted by molar-refractivity contribution is -0.126. The molecule has 1 aromatic rings. The summed E-state index contributed by atoms with van der Waals surface area (Å²) in [6.45, 7) is 2.88. The molecule has 5 rings (SSSR count). The van der Waals surface area contributed by atoms with Crippen LogP contribution in [0.4, 0.5) is 0 Å². The van der Waals surface area contributed by atoms with Crippen LogP contribution >= 0.6 is 0 Å². The van der Waals surface area contributed by atoms with Crippen molar-refractivity contribution in [2.75, 3.05) is 13.2 Å². The van der Waals surface area contributed by atoms with Gasteiger partial charge >= 0.3 is 0 Å². The highest BCUT2D eigenvalue weighted by Gasteiger charge is 2.50. The molecule has 1 amide bonds. The molecule has 0 saturated heterocycles. The summed E-state index contributed by atoms with van der Waals surface area (Å²) in [7, 11) is 0. The first-order valence-corrected chi connectivity index (χ1v) is 10.5. The predicted molar refractivity (Wildman–Crippen MR) is 112 cm³/mol. The van der Waals surface area contributed by atoms with Crippen molar-refractivity contribution in [2.24, 2.45) is 21.6 Å². The number of aliphatic hydroxyl groups excluding tert-OH is 1. The fourth-order valence-electron chi connectivity index (χ4n) is 5.03. The molecule has 3 aliphatic heterocycles. The second-order valence-corrected chi connectivity index (χ2v) is 8.35. The van der Waals surface area contributed by atoms with Gasteiger partial charge in [-0.05, 0) is 56.2 Å². The highest BCUT2D eigenvalue weighted by atomic mass is 16.6. The zero-order chi connectivity index (χ0) is 20.9. The molecular formula is C22H26N4O4. The van der Waals surface area contributed by atoms with E-state index in [4.69, 9.17) is 15.2 Å². The average Bonchev–Trinajstić information content (AvgIpc) is 2.74. The smallest absolute Gasteiger partial charge is 0.240 e. The number of fused-ring (bicyclic) bond motifs is 2. The summed E-state index contributed by atoms with van der Waals surface area (Å²) in [6.07, 6.45) is 3.82. The van der Waals surface area contributed by atoms with Crippen LogP contribution in [0.1, 0.15) is 38.2 Å². The van der Waals surface area contributed by atoms with Crippen molar-refractivity contribution in [3.8, 4) is 11.5 Å². The van der Waals surface area contributed by atoms with Gasteiger partial charge in [-0.25, -0.2) is 9.98 Å². The van der Waals surface area contributed by atoms with Crippen LogP contribution in [-0.2, 0) is 10.2 Å². The molecule has 1 aromatic carbocycles. The Hall–Kier alpha value is -2.71. The van der Waals surface area contributed by atoms with Crippen LogP contribution in [0, 0.1) is 5.92 Å². The molecule has 0 radical (unpaired) electrons. The van der Waals surface area contributed by atoms with Gasteiger partial charge in [0.15, 0.2) is 17.8 Å². The van der Waals surface area contributed by atoms with E-state index in [9.17, 15) is 9.90 Å². The molecule has 0 bridgehead atoms. The molecule has 2 unspecified atom stereocenters. The summed E-state index contributed by atoms with van der Waals surface area (Å²) >= 11 is 0. The van der Waals surface area contributed by atoms with Gasteiger partial charge in [0.2, 0.25) is 5.91 Å². The van der Waals surface area contributed by atoms with Crippen molar-refractivity contribution in [2.45, 2.75) is 50.4 Å². The topological polar surface area (TPSA) is 119 Å². The molecule has 2 atom stereocenters. The monoisotopic (exact) mass is 410 g/mol. The van der Waals surface area contributed by atoms with Crippen molar-refractivity contribution < 1.29 is 19.4 Å². The Morgan fingerprint density at radius 1 is 1.13 bits per heavy atom. The molecule has 1 fully saturated rings. The molecule has 4 N–H and O–H groups in total. The quantitative estimate of drug-likeness (QED) is 0.681. The summed E-state index contributed by atoms with van der Waals surface area (Å²) in [6, 6.07) is 5.73. The van der Waals surface area contributed by atoms with Gasteiger partial charge in [0.25, 0.3) is 0 Å². The highest BCUT2D eigenvalue weighted by Crippen LogP contribution is 2.47. The average molecular weight is 410 g/mol. The molecule has 8 heteroatoms. The van der Waals surface area contributed by atoms with Crippen molar-refractivity contribution in [1.82, 2.24) is 5.32 Å². The molecule has 4 aliphatic rings. The molecule has 1 saturated carbocycles. The zero-order valence-corrected chi connectivity index (χ0v) is 16.9. The van der Waals surface area contributed by atoms with Crippen molar-refractivity contribution in [1.29, 1.82) is 0 Å². The molecule has 30 heavy (non-hydrogen) atoms. The van der Waals surface area contributed by atoms with Gasteiger partial charge in [-0.1, -0.05) is 12.1 Å². The number of aliphatic hydroxyl groups is 1. The Bertz CT molecular complexity index is 977. The van der Waals surface area contributed by atoms with Crippen LogP contribution in [0.25, 0.3) is 0 Å². The molecule has 1 aliphatic carbocycles. The standard InChI is InChI=1S/C22H26N4O4/c1-12-16-11-22(13-2-5-15(27)6-3-13,20(28)25-19(16)26-21(23)24-12)14-4-7-17-18(10-14)30-9-8-29-17/h4,7,10-11,13,15,21,27H,2-3,5-6,8-9,23H2,1H3,(H,25,26,28). The van der Waals surface area contributed by atoms with E-state index >= 15 is 0 Å². The van der Waals surface area contributed by atoms with Crippen molar-refractivity contribution in [3.63, 3.8) is 0 Å². The number of amides is 1. The number of benzene rings is 1. The molecule has 0 spiro atoms. The SMILES string of the molecule is CC1=NC(N)N=C2NC(=O)C(c3ccc4c(c3)OCCO4)(C3CCC(O)CC3)C=C12. The number of carbonyl (C=O) groups is 1. The first kappa shape index (κ1) is 19.3. The third-order valence-electron chi connectivity index (χ3n) is 6.57. The minimum atomic E-state index is -0.914. The van der Waals surface area contributed by atoms with E-state index in [1.807, 2.05) is 31.2 Å². The summed E-state index contributed by atoms with van der Waals surface area (Å²) in [5, 5.41) is 13.1. The number of hydrogen-bond donors (Lipinski definition) is 3. The maximum absolute atomic E-state index is 13.7. The largest absolute Gasteiger partial charge is 0.486 e. The number of hydrogen-bond acceptors (Lipinski definition) is 7. The van der Waals surface area contributed by atoms with E-state index in [-0.39, 0.29) is 17.9 Å². The molecule has 8 nitrogen and oxygen atoms in total. The van der Waals surface area contributed by atoms with E-state index in [0.29, 0.717) is 43.4 Å². The fourth-order valence-corrected chi connectivity index (χ4v) is 5.03. The minimum Gasteiger partial charge on any atom is -0.486 e. The van der Waals surface area contributed by atoms with E-state index in [0.717, 1.165) is 29.7 Å². The number of aliphatic imine (C=N–C) groups is 2.